The van der Waals surface area contributed by atoms with Crippen molar-refractivity contribution in [1.29, 1.82) is 0 Å². The zero-order valence-electron chi connectivity index (χ0n) is 14.0. The molecule has 1 aliphatic heterocycles. The Balaban J connectivity index is 1.79. The van der Waals surface area contributed by atoms with Gasteiger partial charge in [0.25, 0.3) is 5.91 Å². The van der Waals surface area contributed by atoms with Crippen LogP contribution in [-0.2, 0) is 11.2 Å². The predicted molar refractivity (Wildman–Crippen MR) is 90.4 cm³/mol. The standard InChI is InChI=1S/C18H21FN4O2/c1-12(24)23-10-2-3-15(21-18(25)16-8-9-20-22-16)17(23)11-13-4-6-14(19)7-5-13/h4-9,15,17H,2-3,10-11H2,1H3,(H,20,22)(H,21,25)/t15-,17-/m0/s1. The molecule has 3 rings (SSSR count). The number of amides is 2. The number of piperidine rings is 1. The van der Waals surface area contributed by atoms with Gasteiger partial charge >= 0.3 is 0 Å². The average Bonchev–Trinajstić information content (AvgIpc) is 3.13. The highest BCUT2D eigenvalue weighted by atomic mass is 19.1. The van der Waals surface area contributed by atoms with Crippen molar-refractivity contribution in [3.8, 4) is 0 Å². The summed E-state index contributed by atoms with van der Waals surface area (Å²) in [6, 6.07) is 7.53. The number of rotatable bonds is 4. The van der Waals surface area contributed by atoms with E-state index in [0.29, 0.717) is 18.7 Å². The van der Waals surface area contributed by atoms with Crippen LogP contribution in [0, 0.1) is 5.82 Å². The quantitative estimate of drug-likeness (QED) is 0.889. The van der Waals surface area contributed by atoms with E-state index in [1.165, 1.54) is 25.3 Å². The van der Waals surface area contributed by atoms with Gasteiger partial charge in [0.2, 0.25) is 5.91 Å². The van der Waals surface area contributed by atoms with E-state index < -0.39 is 0 Å². The second-order valence-electron chi connectivity index (χ2n) is 6.30. The van der Waals surface area contributed by atoms with Crippen molar-refractivity contribution in [3.63, 3.8) is 0 Å². The first-order chi connectivity index (χ1) is 12.0. The Morgan fingerprint density at radius 2 is 2.08 bits per heavy atom. The molecular formula is C18H21FN4O2. The topological polar surface area (TPSA) is 78.1 Å². The van der Waals surface area contributed by atoms with Crippen LogP contribution in [0.2, 0.25) is 0 Å². The van der Waals surface area contributed by atoms with Gasteiger partial charge in [-0.2, -0.15) is 5.10 Å². The molecule has 7 heteroatoms. The van der Waals surface area contributed by atoms with Crippen molar-refractivity contribution in [2.75, 3.05) is 6.54 Å². The molecule has 2 N–H and O–H groups in total. The molecule has 1 aliphatic rings. The number of likely N-dealkylation sites (tertiary alicyclic amines) is 1. The SMILES string of the molecule is CC(=O)N1CCC[C@H](NC(=O)c2ccn[nH]2)[C@@H]1Cc1ccc(F)cc1. The monoisotopic (exact) mass is 344 g/mol. The van der Waals surface area contributed by atoms with Gasteiger partial charge in [-0.05, 0) is 43.0 Å². The molecule has 2 heterocycles. The molecule has 1 aromatic heterocycles. The third-order valence-electron chi connectivity index (χ3n) is 4.60. The van der Waals surface area contributed by atoms with Crippen LogP contribution in [0.5, 0.6) is 0 Å². The Bertz CT molecular complexity index is 730. The average molecular weight is 344 g/mol. The fourth-order valence-corrected chi connectivity index (χ4v) is 3.36. The highest BCUT2D eigenvalue weighted by Gasteiger charge is 2.34. The van der Waals surface area contributed by atoms with Crippen molar-refractivity contribution < 1.29 is 14.0 Å². The molecule has 0 aliphatic carbocycles. The summed E-state index contributed by atoms with van der Waals surface area (Å²) in [4.78, 5) is 26.2. The maximum absolute atomic E-state index is 13.1. The van der Waals surface area contributed by atoms with Crippen molar-refractivity contribution in [2.24, 2.45) is 0 Å². The molecule has 0 spiro atoms. The van der Waals surface area contributed by atoms with Crippen LogP contribution >= 0.6 is 0 Å². The van der Waals surface area contributed by atoms with E-state index in [1.54, 1.807) is 23.1 Å². The van der Waals surface area contributed by atoms with Crippen LogP contribution in [0.15, 0.2) is 36.5 Å². The lowest BCUT2D eigenvalue weighted by atomic mass is 9.90. The van der Waals surface area contributed by atoms with E-state index in [0.717, 1.165) is 18.4 Å². The van der Waals surface area contributed by atoms with E-state index >= 15 is 0 Å². The van der Waals surface area contributed by atoms with Gasteiger partial charge in [-0.25, -0.2) is 4.39 Å². The van der Waals surface area contributed by atoms with Crippen LogP contribution in [0.25, 0.3) is 0 Å². The van der Waals surface area contributed by atoms with Crippen molar-refractivity contribution in [1.82, 2.24) is 20.4 Å². The number of benzene rings is 1. The summed E-state index contributed by atoms with van der Waals surface area (Å²) in [5.41, 5.74) is 1.32. The molecule has 2 aromatic rings. The van der Waals surface area contributed by atoms with Gasteiger partial charge in [0, 0.05) is 19.7 Å². The summed E-state index contributed by atoms with van der Waals surface area (Å²) >= 11 is 0. The van der Waals surface area contributed by atoms with Gasteiger partial charge < -0.3 is 10.2 Å². The first-order valence-electron chi connectivity index (χ1n) is 8.36. The summed E-state index contributed by atoms with van der Waals surface area (Å²) in [6.45, 7) is 2.20. The number of halogens is 1. The summed E-state index contributed by atoms with van der Waals surface area (Å²) in [6.07, 6.45) is 3.70. The summed E-state index contributed by atoms with van der Waals surface area (Å²) in [7, 11) is 0. The minimum atomic E-state index is -0.292. The Morgan fingerprint density at radius 1 is 1.32 bits per heavy atom. The molecule has 2 amide bonds. The number of H-pyrrole nitrogens is 1. The molecule has 1 fully saturated rings. The minimum Gasteiger partial charge on any atom is -0.346 e. The lowest BCUT2D eigenvalue weighted by molar-refractivity contribution is -0.133. The number of aromatic amines is 1. The van der Waals surface area contributed by atoms with Gasteiger partial charge in [0.05, 0.1) is 12.1 Å². The van der Waals surface area contributed by atoms with Crippen LogP contribution in [-0.4, -0.2) is 45.5 Å². The van der Waals surface area contributed by atoms with Crippen molar-refractivity contribution in [3.05, 3.63) is 53.6 Å². The van der Waals surface area contributed by atoms with Crippen LogP contribution in [0.3, 0.4) is 0 Å². The third-order valence-corrected chi connectivity index (χ3v) is 4.60. The van der Waals surface area contributed by atoms with Crippen LogP contribution in [0.4, 0.5) is 4.39 Å². The fraction of sp³-hybridized carbons (Fsp3) is 0.389. The highest BCUT2D eigenvalue weighted by molar-refractivity contribution is 5.92. The molecule has 1 aromatic carbocycles. The lowest BCUT2D eigenvalue weighted by Gasteiger charge is -2.41. The molecule has 0 saturated carbocycles. The number of hydrogen-bond acceptors (Lipinski definition) is 3. The van der Waals surface area contributed by atoms with E-state index in [2.05, 4.69) is 15.5 Å². The Hall–Kier alpha value is -2.70. The van der Waals surface area contributed by atoms with E-state index in [1.807, 2.05) is 0 Å². The van der Waals surface area contributed by atoms with Gasteiger partial charge in [-0.1, -0.05) is 12.1 Å². The van der Waals surface area contributed by atoms with E-state index in [-0.39, 0.29) is 29.7 Å². The van der Waals surface area contributed by atoms with Gasteiger partial charge in [-0.15, -0.1) is 0 Å². The largest absolute Gasteiger partial charge is 0.346 e. The second kappa shape index (κ2) is 7.46. The number of nitrogens with zero attached hydrogens (tertiary/aromatic N) is 2. The molecule has 25 heavy (non-hydrogen) atoms. The molecule has 0 radical (unpaired) electrons. The molecule has 2 atom stereocenters. The highest BCUT2D eigenvalue weighted by Crippen LogP contribution is 2.22. The maximum atomic E-state index is 13.1. The molecule has 0 bridgehead atoms. The molecule has 132 valence electrons. The van der Waals surface area contributed by atoms with Gasteiger partial charge in [-0.3, -0.25) is 14.7 Å². The minimum absolute atomic E-state index is 0.0207. The van der Waals surface area contributed by atoms with Crippen molar-refractivity contribution >= 4 is 11.8 Å². The Kier molecular flexibility index (Phi) is 5.11. The van der Waals surface area contributed by atoms with Gasteiger partial charge in [0.15, 0.2) is 0 Å². The lowest BCUT2D eigenvalue weighted by Crippen LogP contribution is -2.57. The van der Waals surface area contributed by atoms with Crippen molar-refractivity contribution in [2.45, 2.75) is 38.3 Å². The first kappa shape index (κ1) is 17.1. The molecule has 1 saturated heterocycles. The molecular weight excluding hydrogens is 323 g/mol. The second-order valence-corrected chi connectivity index (χ2v) is 6.30. The predicted octanol–water partition coefficient (Wildman–Crippen LogP) is 1.90. The zero-order valence-corrected chi connectivity index (χ0v) is 14.0. The molecule has 0 unspecified atom stereocenters. The third kappa shape index (κ3) is 4.04. The summed E-state index contributed by atoms with van der Waals surface area (Å²) in [5.74, 6) is -0.551. The summed E-state index contributed by atoms with van der Waals surface area (Å²) < 4.78 is 13.1. The number of hydrogen-bond donors (Lipinski definition) is 2. The summed E-state index contributed by atoms with van der Waals surface area (Å²) in [5, 5.41) is 9.45. The van der Waals surface area contributed by atoms with Crippen LogP contribution < -0.4 is 5.32 Å². The normalized spacial score (nSPS) is 20.3. The van der Waals surface area contributed by atoms with Gasteiger partial charge in [0.1, 0.15) is 11.5 Å². The maximum Gasteiger partial charge on any atom is 0.269 e. The zero-order chi connectivity index (χ0) is 17.8. The van der Waals surface area contributed by atoms with Crippen LogP contribution in [0.1, 0.15) is 35.8 Å². The number of carbonyl (C=O) groups is 2. The van der Waals surface area contributed by atoms with E-state index in [9.17, 15) is 14.0 Å². The number of aromatic nitrogens is 2. The Labute approximate surface area is 145 Å². The first-order valence-corrected chi connectivity index (χ1v) is 8.36. The van der Waals surface area contributed by atoms with E-state index in [4.69, 9.17) is 0 Å². The number of nitrogens with one attached hydrogen (secondary N) is 2. The Morgan fingerprint density at radius 3 is 2.72 bits per heavy atom. The molecule has 6 nitrogen and oxygen atoms in total. The smallest absolute Gasteiger partial charge is 0.269 e. The number of carbonyl (C=O) groups excluding carboxylic acids is 2. The fourth-order valence-electron chi connectivity index (χ4n) is 3.36.